The van der Waals surface area contributed by atoms with Crippen molar-refractivity contribution in [1.29, 1.82) is 5.41 Å². The molecule has 60 valence electrons. The molecule has 0 heterocycles. The zero-order valence-corrected chi connectivity index (χ0v) is 7.34. The standard InChI is InChI=1S/C8H15N.ClH/c1-7(9)8-5-3-2-4-6-8;/h8-9H,2-6H2,1H3;1H. The SMILES string of the molecule is CC(=N)C1CCCCC1.Cl. The second kappa shape index (κ2) is 4.73. The summed E-state index contributed by atoms with van der Waals surface area (Å²) in [5, 5.41) is 7.39. The molecule has 1 saturated carbocycles. The summed E-state index contributed by atoms with van der Waals surface area (Å²) in [6.45, 7) is 1.94. The van der Waals surface area contributed by atoms with Gasteiger partial charge in [-0.15, -0.1) is 12.4 Å². The van der Waals surface area contributed by atoms with Gasteiger partial charge in [-0.05, 0) is 25.7 Å². The summed E-state index contributed by atoms with van der Waals surface area (Å²) in [5.74, 6) is 0.638. The largest absolute Gasteiger partial charge is 0.310 e. The average Bonchev–Trinajstić information content (AvgIpc) is 1.90. The Morgan fingerprint density at radius 3 is 2.00 bits per heavy atom. The number of halogens is 1. The van der Waals surface area contributed by atoms with E-state index in [2.05, 4.69) is 0 Å². The molecule has 0 unspecified atom stereocenters. The highest BCUT2D eigenvalue weighted by molar-refractivity contribution is 5.85. The summed E-state index contributed by atoms with van der Waals surface area (Å²) < 4.78 is 0. The third-order valence-electron chi connectivity index (χ3n) is 2.22. The zero-order valence-electron chi connectivity index (χ0n) is 6.52. The monoisotopic (exact) mass is 161 g/mol. The van der Waals surface area contributed by atoms with Crippen LogP contribution in [0.15, 0.2) is 0 Å². The Hall–Kier alpha value is -0.0400. The maximum absolute atomic E-state index is 7.39. The van der Waals surface area contributed by atoms with Crippen LogP contribution < -0.4 is 0 Å². The van der Waals surface area contributed by atoms with Gasteiger partial charge in [0.2, 0.25) is 0 Å². The van der Waals surface area contributed by atoms with E-state index in [-0.39, 0.29) is 12.4 Å². The first-order chi connectivity index (χ1) is 4.30. The zero-order chi connectivity index (χ0) is 6.69. The molecule has 0 spiro atoms. The van der Waals surface area contributed by atoms with Crippen LogP contribution in [0.5, 0.6) is 0 Å². The molecule has 0 radical (unpaired) electrons. The fourth-order valence-corrected chi connectivity index (χ4v) is 1.54. The average molecular weight is 162 g/mol. The lowest BCUT2D eigenvalue weighted by Gasteiger charge is -2.19. The molecule has 1 nitrogen and oxygen atoms in total. The summed E-state index contributed by atoms with van der Waals surface area (Å²) in [6, 6.07) is 0. The lowest BCUT2D eigenvalue weighted by Crippen LogP contribution is -2.13. The fraction of sp³-hybridized carbons (Fsp3) is 0.875. The van der Waals surface area contributed by atoms with Gasteiger partial charge in [0.15, 0.2) is 0 Å². The van der Waals surface area contributed by atoms with E-state index in [0.29, 0.717) is 5.92 Å². The van der Waals surface area contributed by atoms with Crippen LogP contribution in [0.4, 0.5) is 0 Å². The highest BCUT2D eigenvalue weighted by Crippen LogP contribution is 2.23. The van der Waals surface area contributed by atoms with E-state index >= 15 is 0 Å². The van der Waals surface area contributed by atoms with E-state index in [4.69, 9.17) is 5.41 Å². The van der Waals surface area contributed by atoms with Gasteiger partial charge in [-0.25, -0.2) is 0 Å². The molecule has 0 saturated heterocycles. The van der Waals surface area contributed by atoms with Crippen LogP contribution in [-0.4, -0.2) is 5.71 Å². The summed E-state index contributed by atoms with van der Waals surface area (Å²) in [4.78, 5) is 0. The van der Waals surface area contributed by atoms with Crippen molar-refractivity contribution in [2.24, 2.45) is 5.92 Å². The van der Waals surface area contributed by atoms with Crippen molar-refractivity contribution in [1.82, 2.24) is 0 Å². The van der Waals surface area contributed by atoms with E-state index in [1.807, 2.05) is 6.92 Å². The predicted octanol–water partition coefficient (Wildman–Crippen LogP) is 3.03. The molecule has 1 rings (SSSR count). The molecule has 0 bridgehead atoms. The third-order valence-corrected chi connectivity index (χ3v) is 2.22. The van der Waals surface area contributed by atoms with E-state index in [9.17, 15) is 0 Å². The fourth-order valence-electron chi connectivity index (χ4n) is 1.54. The number of nitrogens with one attached hydrogen (secondary N) is 1. The minimum Gasteiger partial charge on any atom is -0.310 e. The van der Waals surface area contributed by atoms with Gasteiger partial charge in [-0.1, -0.05) is 19.3 Å². The van der Waals surface area contributed by atoms with Crippen LogP contribution in [0.3, 0.4) is 0 Å². The van der Waals surface area contributed by atoms with E-state index in [1.54, 1.807) is 0 Å². The van der Waals surface area contributed by atoms with Crippen molar-refractivity contribution < 1.29 is 0 Å². The van der Waals surface area contributed by atoms with Crippen LogP contribution in [-0.2, 0) is 0 Å². The first kappa shape index (κ1) is 9.96. The van der Waals surface area contributed by atoms with Gasteiger partial charge in [0, 0.05) is 5.71 Å². The van der Waals surface area contributed by atoms with Crippen LogP contribution in [0, 0.1) is 11.3 Å². The quantitative estimate of drug-likeness (QED) is 0.572. The minimum absolute atomic E-state index is 0. The molecule has 0 aromatic carbocycles. The topological polar surface area (TPSA) is 23.9 Å². The van der Waals surface area contributed by atoms with Crippen LogP contribution in [0.25, 0.3) is 0 Å². The second-order valence-electron chi connectivity index (χ2n) is 3.02. The van der Waals surface area contributed by atoms with Gasteiger partial charge in [0.05, 0.1) is 0 Å². The molecule has 0 amide bonds. The Bertz CT molecular complexity index is 106. The van der Waals surface area contributed by atoms with Crippen molar-refractivity contribution in [3.8, 4) is 0 Å². The van der Waals surface area contributed by atoms with Crippen LogP contribution in [0.1, 0.15) is 39.0 Å². The molecular weight excluding hydrogens is 146 g/mol. The van der Waals surface area contributed by atoms with Gasteiger partial charge >= 0.3 is 0 Å². The molecule has 0 aliphatic heterocycles. The van der Waals surface area contributed by atoms with Crippen molar-refractivity contribution in [2.45, 2.75) is 39.0 Å². The minimum atomic E-state index is 0. The molecule has 2 heteroatoms. The molecule has 1 fully saturated rings. The molecule has 1 aliphatic carbocycles. The summed E-state index contributed by atoms with van der Waals surface area (Å²) in [6.07, 6.45) is 6.64. The molecular formula is C8H16ClN. The third kappa shape index (κ3) is 2.70. The maximum atomic E-state index is 7.39. The van der Waals surface area contributed by atoms with Crippen molar-refractivity contribution >= 4 is 18.1 Å². The van der Waals surface area contributed by atoms with E-state index in [1.165, 1.54) is 32.1 Å². The first-order valence-corrected chi connectivity index (χ1v) is 3.86. The van der Waals surface area contributed by atoms with Crippen LogP contribution in [0.2, 0.25) is 0 Å². The maximum Gasteiger partial charge on any atom is 0.00891 e. The Kier molecular flexibility index (Phi) is 4.71. The van der Waals surface area contributed by atoms with Gasteiger partial charge in [0.25, 0.3) is 0 Å². The normalized spacial score (nSPS) is 19.7. The second-order valence-corrected chi connectivity index (χ2v) is 3.02. The number of rotatable bonds is 1. The molecule has 1 aliphatic rings. The Morgan fingerprint density at radius 2 is 1.70 bits per heavy atom. The molecule has 0 aromatic heterocycles. The Balaban J connectivity index is 0.000000810. The first-order valence-electron chi connectivity index (χ1n) is 3.86. The van der Waals surface area contributed by atoms with Crippen molar-refractivity contribution in [3.05, 3.63) is 0 Å². The Morgan fingerprint density at radius 1 is 1.20 bits per heavy atom. The highest BCUT2D eigenvalue weighted by Gasteiger charge is 2.13. The van der Waals surface area contributed by atoms with Crippen LogP contribution >= 0.6 is 12.4 Å². The summed E-state index contributed by atoms with van der Waals surface area (Å²) >= 11 is 0. The lowest BCUT2D eigenvalue weighted by atomic mass is 9.86. The summed E-state index contributed by atoms with van der Waals surface area (Å²) in [7, 11) is 0. The number of hydrogen-bond acceptors (Lipinski definition) is 1. The molecule has 0 aromatic rings. The van der Waals surface area contributed by atoms with Gasteiger partial charge in [0.1, 0.15) is 0 Å². The molecule has 1 N–H and O–H groups in total. The lowest BCUT2D eigenvalue weighted by molar-refractivity contribution is 0.437. The van der Waals surface area contributed by atoms with Crippen molar-refractivity contribution in [3.63, 3.8) is 0 Å². The van der Waals surface area contributed by atoms with E-state index in [0.717, 1.165) is 5.71 Å². The Labute approximate surface area is 69.1 Å². The van der Waals surface area contributed by atoms with Gasteiger partial charge < -0.3 is 5.41 Å². The molecule has 0 atom stereocenters. The molecule has 10 heavy (non-hydrogen) atoms. The van der Waals surface area contributed by atoms with E-state index < -0.39 is 0 Å². The van der Waals surface area contributed by atoms with Gasteiger partial charge in [-0.2, -0.15) is 0 Å². The number of hydrogen-bond donors (Lipinski definition) is 1. The van der Waals surface area contributed by atoms with Gasteiger partial charge in [-0.3, -0.25) is 0 Å². The van der Waals surface area contributed by atoms with Crippen molar-refractivity contribution in [2.75, 3.05) is 0 Å². The summed E-state index contributed by atoms with van der Waals surface area (Å²) in [5.41, 5.74) is 0.898. The highest BCUT2D eigenvalue weighted by atomic mass is 35.5. The smallest absolute Gasteiger partial charge is 0.00891 e. The predicted molar refractivity (Wildman–Crippen MR) is 47.2 cm³/mol.